The number of carbonyl (C=O) groups is 1. The molecule has 4 N–H and O–H groups in total. The predicted molar refractivity (Wildman–Crippen MR) is 77.0 cm³/mol. The average molecular weight is 282 g/mol. The zero-order chi connectivity index (χ0) is 13.8. The lowest BCUT2D eigenvalue weighted by Crippen LogP contribution is -2.35. The minimum atomic E-state index is -0.447. The Morgan fingerprint density at radius 1 is 1.37 bits per heavy atom. The molecule has 1 aromatic carbocycles. The molecule has 0 bridgehead atoms. The Kier molecular flexibility index (Phi) is 4.80. The van der Waals surface area contributed by atoms with Gasteiger partial charge in [-0.25, -0.2) is 0 Å². The molecule has 0 radical (unpaired) electrons. The molecule has 0 aliphatic carbocycles. The first-order chi connectivity index (χ1) is 9.10. The zero-order valence-electron chi connectivity index (χ0n) is 10.9. The van der Waals surface area contributed by atoms with Crippen LogP contribution in [0.3, 0.4) is 0 Å². The summed E-state index contributed by atoms with van der Waals surface area (Å²) in [6.07, 6.45) is 2.29. The lowest BCUT2D eigenvalue weighted by Gasteiger charge is -2.31. The summed E-state index contributed by atoms with van der Waals surface area (Å²) in [7, 11) is 0. The van der Waals surface area contributed by atoms with E-state index in [9.17, 15) is 4.79 Å². The molecular formula is C14H20ClN3O. The minimum absolute atomic E-state index is 0.447. The van der Waals surface area contributed by atoms with Crippen LogP contribution in [0, 0.1) is 5.92 Å². The number of benzene rings is 1. The molecule has 1 aliphatic rings. The fourth-order valence-corrected chi connectivity index (χ4v) is 2.69. The Labute approximate surface area is 118 Å². The third kappa shape index (κ3) is 3.69. The van der Waals surface area contributed by atoms with Gasteiger partial charge in [-0.2, -0.15) is 0 Å². The molecule has 1 saturated heterocycles. The van der Waals surface area contributed by atoms with Gasteiger partial charge in [0.25, 0.3) is 0 Å². The number of carbonyl (C=O) groups excluding carboxylic acids is 1. The van der Waals surface area contributed by atoms with Gasteiger partial charge in [0, 0.05) is 17.1 Å². The first-order valence-corrected chi connectivity index (χ1v) is 6.98. The van der Waals surface area contributed by atoms with Crippen LogP contribution in [-0.4, -0.2) is 30.4 Å². The smallest absolute Gasteiger partial charge is 0.248 e. The molecule has 1 aliphatic heterocycles. The van der Waals surface area contributed by atoms with Crippen molar-refractivity contribution in [2.75, 3.05) is 19.6 Å². The van der Waals surface area contributed by atoms with E-state index < -0.39 is 5.91 Å². The summed E-state index contributed by atoms with van der Waals surface area (Å²) < 4.78 is 0. The number of halogens is 1. The first kappa shape index (κ1) is 14.3. The summed E-state index contributed by atoms with van der Waals surface area (Å²) in [5.74, 6) is 0.209. The molecule has 19 heavy (non-hydrogen) atoms. The van der Waals surface area contributed by atoms with Crippen molar-refractivity contribution in [2.45, 2.75) is 19.4 Å². The second kappa shape index (κ2) is 6.37. The van der Waals surface area contributed by atoms with Crippen LogP contribution in [0.15, 0.2) is 18.2 Å². The Bertz CT molecular complexity index is 456. The molecule has 0 spiro atoms. The van der Waals surface area contributed by atoms with Gasteiger partial charge in [0.15, 0.2) is 0 Å². The van der Waals surface area contributed by atoms with Crippen LogP contribution in [0.4, 0.5) is 0 Å². The lowest BCUT2D eigenvalue weighted by molar-refractivity contribution is 0.1000. The molecule has 0 unspecified atom stereocenters. The molecule has 104 valence electrons. The Balaban J connectivity index is 1.98. The number of hydrogen-bond donors (Lipinski definition) is 2. The van der Waals surface area contributed by atoms with Gasteiger partial charge in [0.1, 0.15) is 0 Å². The van der Waals surface area contributed by atoms with Crippen molar-refractivity contribution in [1.29, 1.82) is 0 Å². The fraction of sp³-hybridized carbons (Fsp3) is 0.500. The third-order valence-electron chi connectivity index (χ3n) is 3.77. The van der Waals surface area contributed by atoms with E-state index in [-0.39, 0.29) is 0 Å². The lowest BCUT2D eigenvalue weighted by atomic mass is 9.97. The molecule has 0 aromatic heterocycles. The molecule has 1 fully saturated rings. The highest BCUT2D eigenvalue weighted by Gasteiger charge is 2.18. The highest BCUT2D eigenvalue weighted by Crippen LogP contribution is 2.22. The monoisotopic (exact) mass is 281 g/mol. The van der Waals surface area contributed by atoms with E-state index in [1.54, 1.807) is 12.1 Å². The Hall–Kier alpha value is -1.10. The van der Waals surface area contributed by atoms with Gasteiger partial charge in [-0.1, -0.05) is 17.7 Å². The van der Waals surface area contributed by atoms with Crippen molar-refractivity contribution >= 4 is 17.5 Å². The number of likely N-dealkylation sites (tertiary alicyclic amines) is 1. The molecule has 4 nitrogen and oxygen atoms in total. The topological polar surface area (TPSA) is 72.3 Å². The van der Waals surface area contributed by atoms with Crippen molar-refractivity contribution in [3.8, 4) is 0 Å². The maximum Gasteiger partial charge on any atom is 0.248 e. The van der Waals surface area contributed by atoms with Crippen LogP contribution >= 0.6 is 11.6 Å². The van der Waals surface area contributed by atoms with E-state index in [4.69, 9.17) is 23.1 Å². The van der Waals surface area contributed by atoms with E-state index in [1.165, 1.54) is 0 Å². The Morgan fingerprint density at radius 2 is 2.05 bits per heavy atom. The van der Waals surface area contributed by atoms with Gasteiger partial charge >= 0.3 is 0 Å². The average Bonchev–Trinajstić information content (AvgIpc) is 2.41. The summed E-state index contributed by atoms with van der Waals surface area (Å²) in [6.45, 7) is 3.70. The van der Waals surface area contributed by atoms with Crippen LogP contribution in [0.1, 0.15) is 28.8 Å². The van der Waals surface area contributed by atoms with Crippen LogP contribution < -0.4 is 11.5 Å². The molecule has 1 heterocycles. The van der Waals surface area contributed by atoms with Crippen LogP contribution in [0.2, 0.25) is 5.02 Å². The molecule has 5 heteroatoms. The van der Waals surface area contributed by atoms with Gasteiger partial charge in [-0.05, 0) is 56.1 Å². The van der Waals surface area contributed by atoms with E-state index in [2.05, 4.69) is 4.90 Å². The molecule has 2 rings (SSSR count). The number of nitrogens with two attached hydrogens (primary N) is 2. The zero-order valence-corrected chi connectivity index (χ0v) is 11.7. The molecule has 0 saturated carbocycles. The van der Waals surface area contributed by atoms with E-state index in [1.807, 2.05) is 6.07 Å². The number of piperidine rings is 1. The molecule has 0 atom stereocenters. The van der Waals surface area contributed by atoms with Gasteiger partial charge in [-0.3, -0.25) is 9.69 Å². The summed E-state index contributed by atoms with van der Waals surface area (Å²) in [5, 5.41) is 0.609. The number of primary amides is 1. The summed E-state index contributed by atoms with van der Waals surface area (Å²) >= 11 is 6.19. The van der Waals surface area contributed by atoms with Crippen molar-refractivity contribution in [2.24, 2.45) is 17.4 Å². The third-order valence-corrected chi connectivity index (χ3v) is 4.12. The van der Waals surface area contributed by atoms with Gasteiger partial charge in [0.2, 0.25) is 5.91 Å². The maximum atomic E-state index is 11.1. The number of hydrogen-bond acceptors (Lipinski definition) is 3. The van der Waals surface area contributed by atoms with E-state index in [0.29, 0.717) is 16.5 Å². The summed E-state index contributed by atoms with van der Waals surface area (Å²) in [5.41, 5.74) is 12.4. The SMILES string of the molecule is NCC1CCN(Cc2ccc(C(N)=O)cc2Cl)CC1. The highest BCUT2D eigenvalue weighted by molar-refractivity contribution is 6.31. The van der Waals surface area contributed by atoms with E-state index >= 15 is 0 Å². The summed E-state index contributed by atoms with van der Waals surface area (Å²) in [4.78, 5) is 13.4. The summed E-state index contributed by atoms with van der Waals surface area (Å²) in [6, 6.07) is 5.26. The van der Waals surface area contributed by atoms with Crippen LogP contribution in [-0.2, 0) is 6.54 Å². The van der Waals surface area contributed by atoms with E-state index in [0.717, 1.165) is 44.6 Å². The highest BCUT2D eigenvalue weighted by atomic mass is 35.5. The predicted octanol–water partition coefficient (Wildman–Crippen LogP) is 1.61. The fourth-order valence-electron chi connectivity index (χ4n) is 2.45. The second-order valence-corrected chi connectivity index (χ2v) is 5.53. The second-order valence-electron chi connectivity index (χ2n) is 5.13. The number of nitrogens with zero attached hydrogens (tertiary/aromatic N) is 1. The number of amides is 1. The van der Waals surface area contributed by atoms with Gasteiger partial charge in [0.05, 0.1) is 0 Å². The van der Waals surface area contributed by atoms with Crippen LogP contribution in [0.25, 0.3) is 0 Å². The van der Waals surface area contributed by atoms with Crippen molar-refractivity contribution in [3.63, 3.8) is 0 Å². The molecule has 1 aromatic rings. The minimum Gasteiger partial charge on any atom is -0.366 e. The van der Waals surface area contributed by atoms with Crippen molar-refractivity contribution in [3.05, 3.63) is 34.3 Å². The molecular weight excluding hydrogens is 262 g/mol. The maximum absolute atomic E-state index is 11.1. The Morgan fingerprint density at radius 3 is 2.58 bits per heavy atom. The van der Waals surface area contributed by atoms with Gasteiger partial charge in [-0.15, -0.1) is 0 Å². The van der Waals surface area contributed by atoms with Gasteiger partial charge < -0.3 is 11.5 Å². The molecule has 1 amide bonds. The van der Waals surface area contributed by atoms with Crippen molar-refractivity contribution in [1.82, 2.24) is 4.90 Å². The normalized spacial score (nSPS) is 17.6. The quantitative estimate of drug-likeness (QED) is 0.881. The first-order valence-electron chi connectivity index (χ1n) is 6.61. The standard InChI is InChI=1S/C14H20ClN3O/c15-13-7-11(14(17)19)1-2-12(13)9-18-5-3-10(8-16)4-6-18/h1-2,7,10H,3-6,8-9,16H2,(H2,17,19). The number of rotatable bonds is 4. The van der Waals surface area contributed by atoms with Crippen LogP contribution in [0.5, 0.6) is 0 Å². The largest absolute Gasteiger partial charge is 0.366 e. The van der Waals surface area contributed by atoms with Crippen molar-refractivity contribution < 1.29 is 4.79 Å².